The highest BCUT2D eigenvalue weighted by Crippen LogP contribution is 2.23. The van der Waals surface area contributed by atoms with E-state index in [4.69, 9.17) is 9.26 Å². The standard InChI is InChI=1S/C10H18O4P/c1-5-10(6-2,7-13-15-12)14-9(11)8(3)4/h15H,3,5-7H2,1-2,4H3/q+1. The highest BCUT2D eigenvalue weighted by atomic mass is 31.1. The van der Waals surface area contributed by atoms with Gasteiger partial charge in [-0.25, -0.2) is 4.79 Å². The van der Waals surface area contributed by atoms with Gasteiger partial charge in [-0.1, -0.05) is 20.4 Å². The van der Waals surface area contributed by atoms with Gasteiger partial charge in [-0.2, -0.15) is 0 Å². The average molecular weight is 233 g/mol. The molecule has 0 aromatic rings. The maximum absolute atomic E-state index is 11.4. The fourth-order valence-electron chi connectivity index (χ4n) is 1.07. The molecule has 86 valence electrons. The molecule has 1 unspecified atom stereocenters. The van der Waals surface area contributed by atoms with Crippen molar-refractivity contribution in [3.05, 3.63) is 12.2 Å². The lowest BCUT2D eigenvalue weighted by atomic mass is 9.98. The van der Waals surface area contributed by atoms with Crippen LogP contribution >= 0.6 is 8.69 Å². The van der Waals surface area contributed by atoms with E-state index in [1.54, 1.807) is 6.92 Å². The monoisotopic (exact) mass is 233 g/mol. The summed E-state index contributed by atoms with van der Waals surface area (Å²) < 4.78 is 20.4. The van der Waals surface area contributed by atoms with E-state index >= 15 is 0 Å². The summed E-state index contributed by atoms with van der Waals surface area (Å²) in [5.74, 6) is -0.434. The van der Waals surface area contributed by atoms with E-state index in [0.29, 0.717) is 18.4 Å². The van der Waals surface area contributed by atoms with Crippen LogP contribution < -0.4 is 0 Å². The maximum atomic E-state index is 11.4. The minimum Gasteiger partial charge on any atom is -0.453 e. The zero-order chi connectivity index (χ0) is 11.9. The number of hydrogen-bond donors (Lipinski definition) is 0. The van der Waals surface area contributed by atoms with Gasteiger partial charge in [0.1, 0.15) is 12.2 Å². The van der Waals surface area contributed by atoms with Gasteiger partial charge in [0, 0.05) is 5.57 Å². The fraction of sp³-hybridized carbons (Fsp3) is 0.700. The highest BCUT2D eigenvalue weighted by molar-refractivity contribution is 7.17. The Morgan fingerprint density at radius 2 is 1.93 bits per heavy atom. The molecule has 0 rings (SSSR count). The van der Waals surface area contributed by atoms with Gasteiger partial charge in [0.2, 0.25) is 0 Å². The Bertz CT molecular complexity index is 246. The molecule has 0 fully saturated rings. The van der Waals surface area contributed by atoms with Crippen LogP contribution in [0.3, 0.4) is 0 Å². The zero-order valence-electron chi connectivity index (χ0n) is 9.46. The van der Waals surface area contributed by atoms with Crippen LogP contribution in [0, 0.1) is 0 Å². The number of rotatable bonds is 7. The molecule has 0 saturated carbocycles. The molecule has 15 heavy (non-hydrogen) atoms. The van der Waals surface area contributed by atoms with Crippen LogP contribution in [0.25, 0.3) is 0 Å². The van der Waals surface area contributed by atoms with E-state index < -0.39 is 20.3 Å². The van der Waals surface area contributed by atoms with Gasteiger partial charge in [-0.3, -0.25) is 0 Å². The second kappa shape index (κ2) is 6.70. The first-order valence-electron chi connectivity index (χ1n) is 4.89. The van der Waals surface area contributed by atoms with Gasteiger partial charge < -0.3 is 4.74 Å². The summed E-state index contributed by atoms with van der Waals surface area (Å²) in [6.07, 6.45) is 1.24. The summed E-state index contributed by atoms with van der Waals surface area (Å²) in [6.45, 7) is 9.05. The van der Waals surface area contributed by atoms with Crippen LogP contribution in [0.5, 0.6) is 0 Å². The Labute approximate surface area is 91.9 Å². The van der Waals surface area contributed by atoms with E-state index in [2.05, 4.69) is 6.58 Å². The third kappa shape index (κ3) is 4.54. The number of hydrogen-bond acceptors (Lipinski definition) is 4. The molecule has 0 aliphatic heterocycles. The topological polar surface area (TPSA) is 52.6 Å². The smallest absolute Gasteiger partial charge is 0.453 e. The van der Waals surface area contributed by atoms with Crippen molar-refractivity contribution in [1.82, 2.24) is 0 Å². The van der Waals surface area contributed by atoms with Crippen molar-refractivity contribution in [2.75, 3.05) is 6.61 Å². The minimum atomic E-state index is -0.835. The van der Waals surface area contributed by atoms with Crippen LogP contribution in [0.4, 0.5) is 0 Å². The zero-order valence-corrected chi connectivity index (χ0v) is 10.5. The quantitative estimate of drug-likeness (QED) is 0.385. The van der Waals surface area contributed by atoms with Crippen LogP contribution in [-0.4, -0.2) is 18.2 Å². The van der Waals surface area contributed by atoms with Crippen molar-refractivity contribution < 1.29 is 18.6 Å². The summed E-state index contributed by atoms with van der Waals surface area (Å²) in [5, 5.41) is 0. The SMILES string of the molecule is C=C(C)C(=O)OC(CC)(CC)CO[PH+]=O. The van der Waals surface area contributed by atoms with E-state index in [9.17, 15) is 9.36 Å². The van der Waals surface area contributed by atoms with E-state index in [1.807, 2.05) is 13.8 Å². The molecule has 1 atom stereocenters. The average Bonchev–Trinajstić information content (AvgIpc) is 2.24. The first kappa shape index (κ1) is 14.3. The molecule has 0 aliphatic rings. The highest BCUT2D eigenvalue weighted by Gasteiger charge is 2.32. The van der Waals surface area contributed by atoms with Gasteiger partial charge in [-0.05, 0) is 24.3 Å². The summed E-state index contributed by atoms with van der Waals surface area (Å²) >= 11 is 0. The van der Waals surface area contributed by atoms with Crippen LogP contribution in [0.1, 0.15) is 33.6 Å². The lowest BCUT2D eigenvalue weighted by Gasteiger charge is -2.28. The molecule has 0 aromatic carbocycles. The Morgan fingerprint density at radius 3 is 2.27 bits per heavy atom. The molecule has 0 N–H and O–H groups in total. The predicted octanol–water partition coefficient (Wildman–Crippen LogP) is 2.62. The third-order valence-electron chi connectivity index (χ3n) is 2.34. The number of ether oxygens (including phenoxy) is 1. The first-order chi connectivity index (χ1) is 7.01. The molecule has 0 bridgehead atoms. The van der Waals surface area contributed by atoms with Crippen LogP contribution in [-0.2, 0) is 18.6 Å². The van der Waals surface area contributed by atoms with Gasteiger partial charge in [0.25, 0.3) is 0 Å². The maximum Gasteiger partial charge on any atom is 0.494 e. The molecule has 0 aliphatic carbocycles. The molecule has 0 amide bonds. The van der Waals surface area contributed by atoms with E-state index in [0.717, 1.165) is 0 Å². The second-order valence-corrected chi connectivity index (χ2v) is 3.89. The number of esters is 1. The minimum absolute atomic E-state index is 0.154. The van der Waals surface area contributed by atoms with Crippen molar-refractivity contribution >= 4 is 14.7 Å². The third-order valence-corrected chi connectivity index (χ3v) is 2.60. The van der Waals surface area contributed by atoms with Crippen molar-refractivity contribution in [2.45, 2.75) is 39.2 Å². The normalized spacial score (nSPS) is 11.4. The van der Waals surface area contributed by atoms with Crippen molar-refractivity contribution in [3.63, 3.8) is 0 Å². The second-order valence-electron chi connectivity index (χ2n) is 3.43. The molecular formula is C10H18O4P+. The van der Waals surface area contributed by atoms with Gasteiger partial charge in [-0.15, -0.1) is 4.52 Å². The van der Waals surface area contributed by atoms with Gasteiger partial charge in [0.05, 0.1) is 0 Å². The molecule has 0 saturated heterocycles. The lowest BCUT2D eigenvalue weighted by Crippen LogP contribution is -2.38. The van der Waals surface area contributed by atoms with Crippen molar-refractivity contribution in [2.24, 2.45) is 0 Å². The summed E-state index contributed by atoms with van der Waals surface area (Å²) in [7, 11) is -0.835. The molecule has 0 aromatic heterocycles. The largest absolute Gasteiger partial charge is 0.494 e. The van der Waals surface area contributed by atoms with Gasteiger partial charge >= 0.3 is 14.7 Å². The molecule has 0 heterocycles. The Hall–Kier alpha value is -0.730. The summed E-state index contributed by atoms with van der Waals surface area (Å²) in [5.41, 5.74) is -0.334. The van der Waals surface area contributed by atoms with Crippen LogP contribution in [0.2, 0.25) is 0 Å². The van der Waals surface area contributed by atoms with E-state index in [1.165, 1.54) is 0 Å². The summed E-state index contributed by atoms with van der Waals surface area (Å²) in [4.78, 5) is 11.4. The number of carbonyl (C=O) groups is 1. The number of carbonyl (C=O) groups excluding carboxylic acids is 1. The summed E-state index contributed by atoms with van der Waals surface area (Å²) in [6, 6.07) is 0. The molecular weight excluding hydrogens is 215 g/mol. The Kier molecular flexibility index (Phi) is 6.37. The predicted molar refractivity (Wildman–Crippen MR) is 59.2 cm³/mol. The van der Waals surface area contributed by atoms with Gasteiger partial charge in [0.15, 0.2) is 0 Å². The van der Waals surface area contributed by atoms with Crippen molar-refractivity contribution in [1.29, 1.82) is 0 Å². The van der Waals surface area contributed by atoms with Crippen molar-refractivity contribution in [3.8, 4) is 0 Å². The molecule has 0 radical (unpaired) electrons. The van der Waals surface area contributed by atoms with Crippen LogP contribution in [0.15, 0.2) is 12.2 Å². The lowest BCUT2D eigenvalue weighted by molar-refractivity contribution is -0.159. The first-order valence-corrected chi connectivity index (χ1v) is 5.70. The Morgan fingerprint density at radius 1 is 1.40 bits per heavy atom. The van der Waals surface area contributed by atoms with E-state index in [-0.39, 0.29) is 6.61 Å². The molecule has 4 nitrogen and oxygen atoms in total. The fourth-order valence-corrected chi connectivity index (χ4v) is 1.39. The molecule has 0 spiro atoms. The Balaban J connectivity index is 4.54. The molecule has 5 heteroatoms.